The summed E-state index contributed by atoms with van der Waals surface area (Å²) in [5, 5.41) is 19.2. The van der Waals surface area contributed by atoms with Crippen molar-refractivity contribution >= 4 is 17.9 Å². The van der Waals surface area contributed by atoms with Gasteiger partial charge in [-0.15, -0.1) is 5.10 Å². The average molecular weight is 382 g/mol. The van der Waals surface area contributed by atoms with E-state index < -0.39 is 5.91 Å². The van der Waals surface area contributed by atoms with E-state index in [4.69, 9.17) is 5.73 Å². The standard InChI is InChI=1S/C18H22N8O2/c1-4-5-14-15(21-25-26(14)17-16(19)23-28-24-17)18(27)22-20-10-12-6-8-13(9-7-12)11(2)3/h6-11H,4-5H2,1-3H3,(H2,19,23)(H,22,27)/b20-10+. The van der Waals surface area contributed by atoms with Crippen LogP contribution < -0.4 is 11.2 Å². The van der Waals surface area contributed by atoms with Crippen LogP contribution in [0.25, 0.3) is 5.82 Å². The summed E-state index contributed by atoms with van der Waals surface area (Å²) < 4.78 is 5.96. The van der Waals surface area contributed by atoms with E-state index >= 15 is 0 Å². The molecule has 0 saturated carbocycles. The summed E-state index contributed by atoms with van der Waals surface area (Å²) in [7, 11) is 0. The Hall–Kier alpha value is -3.56. The number of nitrogens with two attached hydrogens (primary N) is 1. The zero-order valence-electron chi connectivity index (χ0n) is 16.0. The van der Waals surface area contributed by atoms with E-state index in [-0.39, 0.29) is 17.3 Å². The quantitative estimate of drug-likeness (QED) is 0.471. The first-order chi connectivity index (χ1) is 13.5. The summed E-state index contributed by atoms with van der Waals surface area (Å²) in [6, 6.07) is 7.97. The largest absolute Gasteiger partial charge is 0.378 e. The number of benzene rings is 1. The van der Waals surface area contributed by atoms with Crippen LogP contribution in [0.3, 0.4) is 0 Å². The van der Waals surface area contributed by atoms with Crippen LogP contribution in [0.2, 0.25) is 0 Å². The van der Waals surface area contributed by atoms with Gasteiger partial charge in [0.15, 0.2) is 5.69 Å². The van der Waals surface area contributed by atoms with Crippen LogP contribution in [0, 0.1) is 0 Å². The van der Waals surface area contributed by atoms with Gasteiger partial charge in [0.1, 0.15) is 0 Å². The highest BCUT2D eigenvalue weighted by Gasteiger charge is 2.23. The lowest BCUT2D eigenvalue weighted by atomic mass is 10.0. The van der Waals surface area contributed by atoms with Crippen LogP contribution in [0.15, 0.2) is 34.0 Å². The van der Waals surface area contributed by atoms with Crippen LogP contribution in [-0.2, 0) is 6.42 Å². The molecule has 0 spiro atoms. The molecule has 0 atom stereocenters. The topological polar surface area (TPSA) is 137 Å². The third kappa shape index (κ3) is 4.05. The zero-order chi connectivity index (χ0) is 20.1. The van der Waals surface area contributed by atoms with Gasteiger partial charge in [-0.05, 0) is 33.8 Å². The molecule has 0 aliphatic rings. The second-order valence-corrected chi connectivity index (χ2v) is 6.54. The fraction of sp³-hybridized carbons (Fsp3) is 0.333. The maximum Gasteiger partial charge on any atom is 0.293 e. The maximum atomic E-state index is 12.5. The van der Waals surface area contributed by atoms with Crippen molar-refractivity contribution in [1.29, 1.82) is 0 Å². The van der Waals surface area contributed by atoms with Gasteiger partial charge in [-0.3, -0.25) is 4.79 Å². The predicted molar refractivity (Wildman–Crippen MR) is 103 cm³/mol. The summed E-state index contributed by atoms with van der Waals surface area (Å²) in [6.07, 6.45) is 2.89. The van der Waals surface area contributed by atoms with E-state index in [2.05, 4.69) is 49.6 Å². The highest BCUT2D eigenvalue weighted by Crippen LogP contribution is 2.17. The number of hydrogen-bond donors (Lipinski definition) is 2. The summed E-state index contributed by atoms with van der Waals surface area (Å²) >= 11 is 0. The van der Waals surface area contributed by atoms with Gasteiger partial charge >= 0.3 is 0 Å². The molecule has 0 bridgehead atoms. The van der Waals surface area contributed by atoms with E-state index in [0.29, 0.717) is 18.0 Å². The number of aromatic nitrogens is 5. The van der Waals surface area contributed by atoms with E-state index in [9.17, 15) is 4.79 Å². The minimum Gasteiger partial charge on any atom is -0.378 e. The molecule has 3 rings (SSSR count). The van der Waals surface area contributed by atoms with Gasteiger partial charge in [0.25, 0.3) is 5.91 Å². The first-order valence-corrected chi connectivity index (χ1v) is 8.97. The second kappa shape index (κ2) is 8.42. The molecule has 3 aromatic rings. The van der Waals surface area contributed by atoms with E-state index in [1.807, 2.05) is 31.2 Å². The third-order valence-electron chi connectivity index (χ3n) is 4.14. The minimum absolute atomic E-state index is 0.0667. The molecular formula is C18H22N8O2. The van der Waals surface area contributed by atoms with Gasteiger partial charge < -0.3 is 5.73 Å². The molecule has 0 aliphatic carbocycles. The molecular weight excluding hydrogens is 360 g/mol. The molecule has 3 N–H and O–H groups in total. The number of anilines is 1. The van der Waals surface area contributed by atoms with Crippen LogP contribution in [-0.4, -0.2) is 37.4 Å². The highest BCUT2D eigenvalue weighted by atomic mass is 16.6. The Kier molecular flexibility index (Phi) is 5.78. The Morgan fingerprint density at radius 2 is 2.07 bits per heavy atom. The van der Waals surface area contributed by atoms with Gasteiger partial charge in [-0.1, -0.05) is 56.7 Å². The molecule has 10 heteroatoms. The molecule has 1 amide bonds. The molecule has 2 heterocycles. The molecule has 1 aromatic carbocycles. The number of rotatable bonds is 7. The summed E-state index contributed by atoms with van der Waals surface area (Å²) in [4.78, 5) is 12.5. The van der Waals surface area contributed by atoms with Gasteiger partial charge in [-0.25, -0.2) is 10.1 Å². The molecule has 0 radical (unpaired) electrons. The third-order valence-corrected chi connectivity index (χ3v) is 4.14. The number of nitrogens with one attached hydrogen (secondary N) is 1. The number of carbonyl (C=O) groups is 1. The van der Waals surface area contributed by atoms with Crippen molar-refractivity contribution in [3.63, 3.8) is 0 Å². The van der Waals surface area contributed by atoms with E-state index in [1.54, 1.807) is 6.21 Å². The van der Waals surface area contributed by atoms with Crippen LogP contribution in [0.4, 0.5) is 5.82 Å². The van der Waals surface area contributed by atoms with Crippen molar-refractivity contribution in [2.45, 2.75) is 39.5 Å². The molecule has 0 saturated heterocycles. The average Bonchev–Trinajstić information content (AvgIpc) is 3.28. The zero-order valence-corrected chi connectivity index (χ0v) is 16.0. The lowest BCUT2D eigenvalue weighted by molar-refractivity contribution is 0.0949. The summed E-state index contributed by atoms with van der Waals surface area (Å²) in [5.41, 5.74) is 11.0. The van der Waals surface area contributed by atoms with Crippen LogP contribution in [0.1, 0.15) is 60.4 Å². The molecule has 0 unspecified atom stereocenters. The number of carbonyl (C=O) groups excluding carboxylic acids is 1. The Morgan fingerprint density at radius 3 is 2.68 bits per heavy atom. The monoisotopic (exact) mass is 382 g/mol. The Balaban J connectivity index is 1.75. The SMILES string of the molecule is CCCc1c(C(=O)N/N=C/c2ccc(C(C)C)cc2)nnn1-c1nonc1N. The number of amides is 1. The molecule has 146 valence electrons. The normalized spacial score (nSPS) is 11.4. The summed E-state index contributed by atoms with van der Waals surface area (Å²) in [6.45, 7) is 6.24. The Bertz CT molecular complexity index is 972. The van der Waals surface area contributed by atoms with Gasteiger partial charge in [0.05, 0.1) is 11.9 Å². The first-order valence-electron chi connectivity index (χ1n) is 8.97. The maximum absolute atomic E-state index is 12.5. The first kappa shape index (κ1) is 19.2. The fourth-order valence-corrected chi connectivity index (χ4v) is 2.63. The Morgan fingerprint density at radius 1 is 1.32 bits per heavy atom. The molecule has 28 heavy (non-hydrogen) atoms. The fourth-order valence-electron chi connectivity index (χ4n) is 2.63. The molecule has 0 fully saturated rings. The number of hydrazone groups is 1. The van der Waals surface area contributed by atoms with Gasteiger partial charge in [0, 0.05) is 0 Å². The molecule has 0 aliphatic heterocycles. The van der Waals surface area contributed by atoms with Crippen molar-refractivity contribution < 1.29 is 9.42 Å². The van der Waals surface area contributed by atoms with Crippen LogP contribution in [0.5, 0.6) is 0 Å². The summed E-state index contributed by atoms with van der Waals surface area (Å²) in [5.74, 6) is 0.250. The predicted octanol–water partition coefficient (Wildman–Crippen LogP) is 2.07. The van der Waals surface area contributed by atoms with Gasteiger partial charge in [0.2, 0.25) is 11.6 Å². The smallest absolute Gasteiger partial charge is 0.293 e. The minimum atomic E-state index is -0.472. The molecule has 10 nitrogen and oxygen atoms in total. The number of nitrogens with zero attached hydrogens (tertiary/aromatic N) is 6. The second-order valence-electron chi connectivity index (χ2n) is 6.54. The van der Waals surface area contributed by atoms with Crippen molar-refractivity contribution in [2.75, 3.05) is 5.73 Å². The van der Waals surface area contributed by atoms with E-state index in [1.165, 1.54) is 10.2 Å². The van der Waals surface area contributed by atoms with Crippen molar-refractivity contribution in [1.82, 2.24) is 30.7 Å². The van der Waals surface area contributed by atoms with Gasteiger partial charge in [-0.2, -0.15) is 9.78 Å². The lowest BCUT2D eigenvalue weighted by Gasteiger charge is -2.05. The highest BCUT2D eigenvalue weighted by molar-refractivity contribution is 5.94. The number of nitrogen functional groups attached to an aromatic ring is 1. The van der Waals surface area contributed by atoms with Crippen molar-refractivity contribution in [3.05, 3.63) is 46.8 Å². The number of hydrogen-bond acceptors (Lipinski definition) is 8. The van der Waals surface area contributed by atoms with Crippen molar-refractivity contribution in [3.8, 4) is 5.82 Å². The Labute approximate surface area is 161 Å². The van der Waals surface area contributed by atoms with Crippen LogP contribution >= 0.6 is 0 Å². The van der Waals surface area contributed by atoms with E-state index in [0.717, 1.165) is 12.0 Å². The molecule has 2 aromatic heterocycles. The lowest BCUT2D eigenvalue weighted by Crippen LogP contribution is -2.20. The van der Waals surface area contributed by atoms with Crippen molar-refractivity contribution in [2.24, 2.45) is 5.10 Å².